The van der Waals surface area contributed by atoms with Crippen LogP contribution in [0.25, 0.3) is 0 Å². The zero-order valence-corrected chi connectivity index (χ0v) is 19.9. The van der Waals surface area contributed by atoms with Gasteiger partial charge in [-0.1, -0.05) is 26.8 Å². The predicted molar refractivity (Wildman–Crippen MR) is 130 cm³/mol. The first kappa shape index (κ1) is 25.0. The summed E-state index contributed by atoms with van der Waals surface area (Å²) in [5.41, 5.74) is 2.26. The maximum Gasteiger partial charge on any atom is 0.251 e. The van der Waals surface area contributed by atoms with Crippen LogP contribution in [0.1, 0.15) is 80.6 Å². The highest BCUT2D eigenvalue weighted by atomic mass is 16.2. The summed E-state index contributed by atoms with van der Waals surface area (Å²) in [6, 6.07) is 11.7. The summed E-state index contributed by atoms with van der Waals surface area (Å²) in [7, 11) is 0. The van der Waals surface area contributed by atoms with Gasteiger partial charge in [-0.05, 0) is 60.2 Å². The molecule has 0 fully saturated rings. The molecule has 0 saturated heterocycles. The maximum atomic E-state index is 12.8. The molecule has 0 atom stereocenters. The van der Waals surface area contributed by atoms with Crippen molar-refractivity contribution >= 4 is 23.6 Å². The standard InChI is InChI=1S/C26H32N4O4/c1-26(2,3)21-15-19-14-20(16-21)25(34)30-12-6-10-28-23(32)18-8-4-7-17(13-18)22(31)27-9-5-11-29-24(19)33/h4,7-8,13-16H,5-6,9-12H2,1-3H3,(H,27,31)(H,28,32)(H,29,33)(H,30,34). The molecule has 4 N–H and O–H groups in total. The Bertz CT molecular complexity index is 1020. The third-order valence-electron chi connectivity index (χ3n) is 5.56. The average molecular weight is 465 g/mol. The first-order valence-electron chi connectivity index (χ1n) is 11.5. The number of fused-ring (bicyclic) bond motifs is 4. The van der Waals surface area contributed by atoms with Gasteiger partial charge in [-0.2, -0.15) is 0 Å². The summed E-state index contributed by atoms with van der Waals surface area (Å²) in [4.78, 5) is 50.4. The quantitative estimate of drug-likeness (QED) is 0.479. The Morgan fingerprint density at radius 1 is 0.559 bits per heavy atom. The minimum absolute atomic E-state index is 0.247. The Kier molecular flexibility index (Phi) is 8.04. The second kappa shape index (κ2) is 11.0. The second-order valence-electron chi connectivity index (χ2n) is 9.36. The molecule has 0 aromatic heterocycles. The molecule has 3 rings (SSSR count). The van der Waals surface area contributed by atoms with Gasteiger partial charge in [0.25, 0.3) is 23.6 Å². The normalized spacial score (nSPS) is 16.6. The van der Waals surface area contributed by atoms with E-state index in [4.69, 9.17) is 0 Å². The van der Waals surface area contributed by atoms with Crippen molar-refractivity contribution in [2.75, 3.05) is 26.2 Å². The summed E-state index contributed by atoms with van der Waals surface area (Å²) in [5, 5.41) is 11.3. The lowest BCUT2D eigenvalue weighted by atomic mass is 9.85. The Labute approximate surface area is 199 Å². The number of carbonyl (C=O) groups excluding carboxylic acids is 4. The van der Waals surface area contributed by atoms with E-state index in [2.05, 4.69) is 21.3 Å². The molecule has 34 heavy (non-hydrogen) atoms. The van der Waals surface area contributed by atoms with Crippen LogP contribution in [0, 0.1) is 0 Å². The van der Waals surface area contributed by atoms with Crippen molar-refractivity contribution in [2.45, 2.75) is 39.0 Å². The third-order valence-corrected chi connectivity index (χ3v) is 5.56. The first-order chi connectivity index (χ1) is 16.1. The van der Waals surface area contributed by atoms with Crippen LogP contribution in [0.4, 0.5) is 0 Å². The van der Waals surface area contributed by atoms with Crippen molar-refractivity contribution in [3.8, 4) is 0 Å². The van der Waals surface area contributed by atoms with Crippen molar-refractivity contribution in [3.63, 3.8) is 0 Å². The van der Waals surface area contributed by atoms with Crippen LogP contribution >= 0.6 is 0 Å². The highest BCUT2D eigenvalue weighted by molar-refractivity contribution is 6.01. The molecular formula is C26H32N4O4. The molecule has 2 aromatic rings. The van der Waals surface area contributed by atoms with Gasteiger partial charge in [0, 0.05) is 48.4 Å². The van der Waals surface area contributed by atoms with E-state index in [0.29, 0.717) is 61.3 Å². The first-order valence-corrected chi connectivity index (χ1v) is 11.5. The molecule has 2 aromatic carbocycles. The van der Waals surface area contributed by atoms with Crippen molar-refractivity contribution in [1.82, 2.24) is 21.3 Å². The highest BCUT2D eigenvalue weighted by Gasteiger charge is 2.20. The monoisotopic (exact) mass is 464 g/mol. The van der Waals surface area contributed by atoms with E-state index in [9.17, 15) is 19.2 Å². The lowest BCUT2D eigenvalue weighted by Crippen LogP contribution is -2.32. The highest BCUT2D eigenvalue weighted by Crippen LogP contribution is 2.25. The number of rotatable bonds is 0. The summed E-state index contributed by atoms with van der Waals surface area (Å²) in [5.74, 6) is -1.09. The summed E-state index contributed by atoms with van der Waals surface area (Å²) < 4.78 is 0. The van der Waals surface area contributed by atoms with E-state index in [1.54, 1.807) is 30.3 Å². The van der Waals surface area contributed by atoms with Gasteiger partial charge in [-0.15, -0.1) is 0 Å². The van der Waals surface area contributed by atoms with Gasteiger partial charge in [0.05, 0.1) is 0 Å². The fourth-order valence-corrected chi connectivity index (χ4v) is 3.52. The van der Waals surface area contributed by atoms with E-state index >= 15 is 0 Å². The van der Waals surface area contributed by atoms with Crippen molar-refractivity contribution in [3.05, 3.63) is 70.3 Å². The fourth-order valence-electron chi connectivity index (χ4n) is 3.52. The molecule has 180 valence electrons. The number of hydrogen-bond acceptors (Lipinski definition) is 4. The van der Waals surface area contributed by atoms with E-state index in [1.807, 2.05) is 32.9 Å². The Balaban J connectivity index is 1.80. The lowest BCUT2D eigenvalue weighted by Gasteiger charge is -2.21. The molecule has 4 bridgehead atoms. The number of hydrogen-bond donors (Lipinski definition) is 4. The van der Waals surface area contributed by atoms with Crippen LogP contribution in [0.3, 0.4) is 0 Å². The maximum absolute atomic E-state index is 12.8. The van der Waals surface area contributed by atoms with Gasteiger partial charge in [0.15, 0.2) is 0 Å². The Morgan fingerprint density at radius 3 is 1.29 bits per heavy atom. The second-order valence-corrected chi connectivity index (χ2v) is 9.36. The number of carbonyl (C=O) groups is 4. The van der Waals surface area contributed by atoms with E-state index in [0.717, 1.165) is 5.56 Å². The van der Waals surface area contributed by atoms with Gasteiger partial charge in [-0.3, -0.25) is 19.2 Å². The van der Waals surface area contributed by atoms with Crippen LogP contribution in [-0.4, -0.2) is 49.8 Å². The molecule has 8 heteroatoms. The minimum Gasteiger partial charge on any atom is -0.352 e. The van der Waals surface area contributed by atoms with Gasteiger partial charge in [-0.25, -0.2) is 0 Å². The number of benzene rings is 2. The van der Waals surface area contributed by atoms with Gasteiger partial charge >= 0.3 is 0 Å². The van der Waals surface area contributed by atoms with Gasteiger partial charge in [0.1, 0.15) is 0 Å². The van der Waals surface area contributed by atoms with E-state index < -0.39 is 0 Å². The van der Waals surface area contributed by atoms with Crippen molar-refractivity contribution in [2.24, 2.45) is 0 Å². The molecule has 4 amide bonds. The summed E-state index contributed by atoms with van der Waals surface area (Å²) in [6.07, 6.45) is 1.06. The van der Waals surface area contributed by atoms with Crippen LogP contribution in [-0.2, 0) is 5.41 Å². The summed E-state index contributed by atoms with van der Waals surface area (Å²) in [6.45, 7) is 7.53. The number of amides is 4. The summed E-state index contributed by atoms with van der Waals surface area (Å²) >= 11 is 0. The van der Waals surface area contributed by atoms with E-state index in [-0.39, 0.29) is 29.0 Å². The molecule has 0 unspecified atom stereocenters. The molecule has 0 aliphatic carbocycles. The molecule has 1 heterocycles. The van der Waals surface area contributed by atoms with Crippen LogP contribution in [0.2, 0.25) is 0 Å². The molecular weight excluding hydrogens is 432 g/mol. The molecule has 0 radical (unpaired) electrons. The van der Waals surface area contributed by atoms with Gasteiger partial charge < -0.3 is 21.3 Å². The topological polar surface area (TPSA) is 116 Å². The van der Waals surface area contributed by atoms with Gasteiger partial charge in [0.2, 0.25) is 0 Å². The Morgan fingerprint density at radius 2 is 0.912 bits per heavy atom. The molecule has 0 spiro atoms. The molecule has 1 aliphatic rings. The minimum atomic E-state index is -0.277. The largest absolute Gasteiger partial charge is 0.352 e. The van der Waals surface area contributed by atoms with Crippen LogP contribution in [0.15, 0.2) is 42.5 Å². The fraction of sp³-hybridized carbons (Fsp3) is 0.385. The van der Waals surface area contributed by atoms with E-state index in [1.165, 1.54) is 0 Å². The van der Waals surface area contributed by atoms with Crippen molar-refractivity contribution < 1.29 is 19.2 Å². The number of nitrogens with one attached hydrogen (secondary N) is 4. The third kappa shape index (κ3) is 6.66. The lowest BCUT2D eigenvalue weighted by molar-refractivity contribution is 0.0943. The molecule has 0 saturated carbocycles. The Hall–Kier alpha value is -3.68. The zero-order chi connectivity index (χ0) is 24.7. The van der Waals surface area contributed by atoms with Crippen LogP contribution in [0.5, 0.6) is 0 Å². The zero-order valence-electron chi connectivity index (χ0n) is 19.9. The smallest absolute Gasteiger partial charge is 0.251 e. The molecule has 8 nitrogen and oxygen atoms in total. The van der Waals surface area contributed by atoms with Crippen molar-refractivity contribution in [1.29, 1.82) is 0 Å². The average Bonchev–Trinajstić information content (AvgIpc) is 2.81. The van der Waals surface area contributed by atoms with Crippen LogP contribution < -0.4 is 21.3 Å². The molecule has 1 aliphatic heterocycles. The predicted octanol–water partition coefficient (Wildman–Crippen LogP) is 2.40. The SMILES string of the molecule is CC(C)(C)c1cc2cc(c1)C(=O)NCCCNC(=O)c1cccc(c1)C(=O)NCCCNC2=O.